The molecule has 10 nitrogen and oxygen atoms in total. The quantitative estimate of drug-likeness (QED) is 0.204. The van der Waals surface area contributed by atoms with E-state index in [1.807, 2.05) is 19.1 Å². The number of nitro groups is 1. The van der Waals surface area contributed by atoms with E-state index in [9.17, 15) is 19.7 Å². The summed E-state index contributed by atoms with van der Waals surface area (Å²) in [5, 5.41) is 18.9. The van der Waals surface area contributed by atoms with Crippen LogP contribution in [0.15, 0.2) is 75.0 Å². The first-order chi connectivity index (χ1) is 17.2. The summed E-state index contributed by atoms with van der Waals surface area (Å²) in [5.74, 6) is -0.299. The van der Waals surface area contributed by atoms with Gasteiger partial charge in [-0.2, -0.15) is 9.78 Å². The van der Waals surface area contributed by atoms with Crippen LogP contribution < -0.4 is 15.6 Å². The SMILES string of the molecule is Cc1ccccc1NC(=O)COc1c(C=Nn2c(C)nc3ccc(Br)cc3c2=O)cccc1[N+](=O)[O-]. The number of carbonyl (C=O) groups excluding carboxylic acids is 1. The van der Waals surface area contributed by atoms with Gasteiger partial charge in [-0.3, -0.25) is 19.7 Å². The molecule has 1 heterocycles. The molecule has 0 spiro atoms. The van der Waals surface area contributed by atoms with Gasteiger partial charge in [0.1, 0.15) is 5.82 Å². The number of aromatic nitrogens is 2. The maximum absolute atomic E-state index is 13.0. The number of nitro benzene ring substituents is 1. The number of hydrogen-bond donors (Lipinski definition) is 1. The van der Waals surface area contributed by atoms with Crippen molar-refractivity contribution < 1.29 is 14.5 Å². The van der Waals surface area contributed by atoms with Crippen molar-refractivity contribution in [1.29, 1.82) is 0 Å². The summed E-state index contributed by atoms with van der Waals surface area (Å²) in [6.45, 7) is 3.00. The lowest BCUT2D eigenvalue weighted by atomic mass is 10.2. The Bertz CT molecular complexity index is 1580. The normalized spacial score (nSPS) is 11.1. The standard InChI is InChI=1S/C25H20BrN5O5/c1-15-6-3-4-8-20(15)29-23(32)14-36-24-17(7-5-9-22(24)31(34)35)13-27-30-16(2)28-21-11-10-18(26)12-19(21)25(30)33/h3-13H,14H2,1-2H3,(H,29,32). The Kier molecular flexibility index (Phi) is 7.20. The molecule has 1 N–H and O–H groups in total. The molecule has 0 atom stereocenters. The zero-order valence-corrected chi connectivity index (χ0v) is 20.9. The molecular formula is C25H20BrN5O5. The van der Waals surface area contributed by atoms with Gasteiger partial charge in [-0.15, -0.1) is 0 Å². The molecule has 11 heteroatoms. The molecular weight excluding hydrogens is 530 g/mol. The highest BCUT2D eigenvalue weighted by atomic mass is 79.9. The number of para-hydroxylation sites is 2. The van der Waals surface area contributed by atoms with Crippen molar-refractivity contribution in [1.82, 2.24) is 9.66 Å². The molecule has 0 unspecified atom stereocenters. The molecule has 0 aliphatic carbocycles. The number of aryl methyl sites for hydroxylation is 2. The summed E-state index contributed by atoms with van der Waals surface area (Å²) >= 11 is 3.34. The number of nitrogens with zero attached hydrogens (tertiary/aromatic N) is 4. The Labute approximate surface area is 213 Å². The number of hydrogen-bond acceptors (Lipinski definition) is 7. The summed E-state index contributed by atoms with van der Waals surface area (Å²) in [7, 11) is 0. The van der Waals surface area contributed by atoms with E-state index in [4.69, 9.17) is 4.74 Å². The van der Waals surface area contributed by atoms with E-state index in [0.717, 1.165) is 10.2 Å². The summed E-state index contributed by atoms with van der Waals surface area (Å²) in [6.07, 6.45) is 1.27. The average molecular weight is 550 g/mol. The van der Waals surface area contributed by atoms with Gasteiger partial charge in [0, 0.05) is 21.8 Å². The van der Waals surface area contributed by atoms with E-state index >= 15 is 0 Å². The first-order valence-corrected chi connectivity index (χ1v) is 11.5. The highest BCUT2D eigenvalue weighted by molar-refractivity contribution is 9.10. The highest BCUT2D eigenvalue weighted by Crippen LogP contribution is 2.30. The van der Waals surface area contributed by atoms with E-state index < -0.39 is 23.0 Å². The van der Waals surface area contributed by atoms with Crippen LogP contribution in [0.2, 0.25) is 0 Å². The molecule has 0 fully saturated rings. The fourth-order valence-corrected chi connectivity index (χ4v) is 3.86. The van der Waals surface area contributed by atoms with Crippen LogP contribution in [0.1, 0.15) is 17.0 Å². The van der Waals surface area contributed by atoms with Crippen molar-refractivity contribution in [2.24, 2.45) is 5.10 Å². The van der Waals surface area contributed by atoms with Crippen LogP contribution in [0.3, 0.4) is 0 Å². The fraction of sp³-hybridized carbons (Fsp3) is 0.120. The van der Waals surface area contributed by atoms with Crippen LogP contribution in [0.5, 0.6) is 5.75 Å². The van der Waals surface area contributed by atoms with Gasteiger partial charge in [0.15, 0.2) is 6.61 Å². The molecule has 0 radical (unpaired) electrons. The topological polar surface area (TPSA) is 129 Å². The Morgan fingerprint density at radius 2 is 1.97 bits per heavy atom. The summed E-state index contributed by atoms with van der Waals surface area (Å²) in [6, 6.07) is 16.6. The van der Waals surface area contributed by atoms with Gasteiger partial charge in [0.2, 0.25) is 5.75 Å². The second kappa shape index (κ2) is 10.5. The third-order valence-corrected chi connectivity index (χ3v) is 5.76. The van der Waals surface area contributed by atoms with Crippen LogP contribution in [0, 0.1) is 24.0 Å². The maximum Gasteiger partial charge on any atom is 0.311 e. The minimum absolute atomic E-state index is 0.145. The molecule has 0 bridgehead atoms. The number of benzene rings is 3. The lowest BCUT2D eigenvalue weighted by Crippen LogP contribution is -2.22. The van der Waals surface area contributed by atoms with Gasteiger partial charge in [-0.25, -0.2) is 4.98 Å². The smallest absolute Gasteiger partial charge is 0.311 e. The van der Waals surface area contributed by atoms with Crippen LogP contribution in [0.4, 0.5) is 11.4 Å². The predicted octanol–water partition coefficient (Wildman–Crippen LogP) is 4.58. The number of amides is 1. The van der Waals surface area contributed by atoms with E-state index in [1.165, 1.54) is 24.4 Å². The van der Waals surface area contributed by atoms with E-state index in [2.05, 4.69) is 31.3 Å². The zero-order chi connectivity index (χ0) is 25.8. The average Bonchev–Trinajstić information content (AvgIpc) is 2.84. The minimum atomic E-state index is -0.613. The van der Waals surface area contributed by atoms with Crippen LogP contribution in [-0.4, -0.2) is 33.3 Å². The van der Waals surface area contributed by atoms with Crippen LogP contribution >= 0.6 is 15.9 Å². The maximum atomic E-state index is 13.0. The largest absolute Gasteiger partial charge is 0.476 e. The Balaban J connectivity index is 1.65. The molecule has 4 rings (SSSR count). The number of halogens is 1. The van der Waals surface area contributed by atoms with Gasteiger partial charge in [0.05, 0.1) is 22.0 Å². The first-order valence-electron chi connectivity index (χ1n) is 10.7. The monoisotopic (exact) mass is 549 g/mol. The number of nitrogens with one attached hydrogen (secondary N) is 1. The molecule has 1 aromatic heterocycles. The van der Waals surface area contributed by atoms with Crippen LogP contribution in [0.25, 0.3) is 10.9 Å². The van der Waals surface area contributed by atoms with E-state index in [0.29, 0.717) is 26.9 Å². The van der Waals surface area contributed by atoms with E-state index in [1.54, 1.807) is 37.3 Å². The molecule has 1 amide bonds. The molecule has 36 heavy (non-hydrogen) atoms. The van der Waals surface area contributed by atoms with E-state index in [-0.39, 0.29) is 17.0 Å². The number of rotatable bonds is 7. The first kappa shape index (κ1) is 24.7. The Morgan fingerprint density at radius 1 is 1.19 bits per heavy atom. The number of ether oxygens (including phenoxy) is 1. The molecule has 0 aliphatic heterocycles. The third-order valence-electron chi connectivity index (χ3n) is 5.27. The Morgan fingerprint density at radius 3 is 2.72 bits per heavy atom. The second-order valence-corrected chi connectivity index (χ2v) is 8.70. The van der Waals surface area contributed by atoms with Crippen molar-refractivity contribution in [2.75, 3.05) is 11.9 Å². The van der Waals surface area contributed by atoms with Crippen LogP contribution in [-0.2, 0) is 4.79 Å². The third kappa shape index (κ3) is 5.31. The molecule has 0 aliphatic rings. The highest BCUT2D eigenvalue weighted by Gasteiger charge is 2.20. The van der Waals surface area contributed by atoms with Crippen molar-refractivity contribution in [2.45, 2.75) is 13.8 Å². The molecule has 0 saturated carbocycles. The molecule has 182 valence electrons. The van der Waals surface area contributed by atoms with Crippen molar-refractivity contribution >= 4 is 50.3 Å². The molecule has 0 saturated heterocycles. The summed E-state index contributed by atoms with van der Waals surface area (Å²) in [5.41, 5.74) is 1.47. The van der Waals surface area contributed by atoms with Gasteiger partial charge in [0.25, 0.3) is 11.5 Å². The summed E-state index contributed by atoms with van der Waals surface area (Å²) in [4.78, 5) is 40.9. The minimum Gasteiger partial charge on any atom is -0.476 e. The number of carbonyl (C=O) groups is 1. The zero-order valence-electron chi connectivity index (χ0n) is 19.3. The number of fused-ring (bicyclic) bond motifs is 1. The Hall–Kier alpha value is -4.38. The van der Waals surface area contributed by atoms with Crippen molar-refractivity contribution in [3.63, 3.8) is 0 Å². The fourth-order valence-electron chi connectivity index (χ4n) is 3.50. The molecule has 3 aromatic carbocycles. The second-order valence-electron chi connectivity index (χ2n) is 7.79. The number of anilines is 1. The van der Waals surface area contributed by atoms with Gasteiger partial charge < -0.3 is 10.1 Å². The van der Waals surface area contributed by atoms with Gasteiger partial charge in [-0.05, 0) is 49.7 Å². The lowest BCUT2D eigenvalue weighted by molar-refractivity contribution is -0.385. The van der Waals surface area contributed by atoms with Crippen molar-refractivity contribution in [3.05, 3.63) is 103 Å². The lowest BCUT2D eigenvalue weighted by Gasteiger charge is -2.11. The van der Waals surface area contributed by atoms with Crippen molar-refractivity contribution in [3.8, 4) is 5.75 Å². The summed E-state index contributed by atoms with van der Waals surface area (Å²) < 4.78 is 7.40. The molecule has 4 aromatic rings. The predicted molar refractivity (Wildman–Crippen MR) is 140 cm³/mol. The van der Waals surface area contributed by atoms with Gasteiger partial charge in [-0.1, -0.05) is 40.2 Å². The van der Waals surface area contributed by atoms with Gasteiger partial charge >= 0.3 is 5.69 Å².